The molecule has 1 aromatic carbocycles. The van der Waals surface area contributed by atoms with Crippen LogP contribution < -0.4 is 27.4 Å². The van der Waals surface area contributed by atoms with Gasteiger partial charge in [-0.05, 0) is 17.9 Å². The Bertz CT molecular complexity index is 880. The largest absolute Gasteiger partial charge is 0.480 e. The normalized spacial score (nSPS) is 15.1. The lowest BCUT2D eigenvalue weighted by Gasteiger charge is -2.26. The van der Waals surface area contributed by atoms with E-state index in [1.165, 1.54) is 0 Å². The summed E-state index contributed by atoms with van der Waals surface area (Å²) in [5.41, 5.74) is 11.9. The molecule has 0 saturated heterocycles. The predicted octanol–water partition coefficient (Wildman–Crippen LogP) is -1.60. The van der Waals surface area contributed by atoms with E-state index in [1.807, 2.05) is 6.92 Å². The molecular formula is C23H35N5O7. The van der Waals surface area contributed by atoms with E-state index in [9.17, 15) is 29.1 Å². The van der Waals surface area contributed by atoms with E-state index in [1.54, 1.807) is 37.3 Å². The van der Waals surface area contributed by atoms with E-state index in [4.69, 9.17) is 16.6 Å². The fourth-order valence-corrected chi connectivity index (χ4v) is 3.12. The van der Waals surface area contributed by atoms with Crippen LogP contribution in [0.15, 0.2) is 30.3 Å². The number of aliphatic hydroxyl groups is 1. The quantitative estimate of drug-likeness (QED) is 0.151. The van der Waals surface area contributed by atoms with Gasteiger partial charge in [0.05, 0.1) is 12.6 Å². The number of carbonyl (C=O) groups is 5. The zero-order valence-electron chi connectivity index (χ0n) is 19.9. The van der Waals surface area contributed by atoms with Crippen molar-refractivity contribution in [3.8, 4) is 0 Å². The van der Waals surface area contributed by atoms with Gasteiger partial charge in [0.25, 0.3) is 0 Å². The predicted molar refractivity (Wildman–Crippen MR) is 127 cm³/mol. The van der Waals surface area contributed by atoms with Gasteiger partial charge in [-0.15, -0.1) is 0 Å². The number of carbonyl (C=O) groups excluding carboxylic acids is 4. The Balaban J connectivity index is 3.12. The minimum atomic E-state index is -1.61. The number of rotatable bonds is 15. The maximum atomic E-state index is 13.2. The molecule has 194 valence electrons. The van der Waals surface area contributed by atoms with Gasteiger partial charge in [-0.25, -0.2) is 4.79 Å². The minimum absolute atomic E-state index is 0.0875. The molecule has 5 atom stereocenters. The Hall–Kier alpha value is -3.51. The van der Waals surface area contributed by atoms with E-state index in [-0.39, 0.29) is 25.2 Å². The Morgan fingerprint density at radius 2 is 1.46 bits per heavy atom. The highest BCUT2D eigenvalue weighted by Gasteiger charge is 2.31. The Morgan fingerprint density at radius 1 is 0.914 bits per heavy atom. The number of aliphatic carboxylic acids is 1. The number of benzene rings is 1. The number of nitrogens with one attached hydrogen (secondary N) is 3. The number of amides is 4. The molecule has 0 aliphatic carbocycles. The molecule has 0 bridgehead atoms. The molecule has 9 N–H and O–H groups in total. The first-order chi connectivity index (χ1) is 16.5. The van der Waals surface area contributed by atoms with Crippen LogP contribution in [0.5, 0.6) is 0 Å². The smallest absolute Gasteiger partial charge is 0.328 e. The van der Waals surface area contributed by atoms with Crippen LogP contribution in [0, 0.1) is 5.92 Å². The molecular weight excluding hydrogens is 458 g/mol. The molecule has 4 amide bonds. The maximum absolute atomic E-state index is 13.2. The van der Waals surface area contributed by atoms with Crippen molar-refractivity contribution in [2.75, 3.05) is 6.61 Å². The lowest BCUT2D eigenvalue weighted by molar-refractivity contribution is -0.143. The van der Waals surface area contributed by atoms with Gasteiger partial charge >= 0.3 is 5.97 Å². The van der Waals surface area contributed by atoms with Crippen molar-refractivity contribution in [1.82, 2.24) is 16.0 Å². The Morgan fingerprint density at radius 3 is 1.97 bits per heavy atom. The number of carboxylic acid groups (broad SMARTS) is 1. The van der Waals surface area contributed by atoms with Gasteiger partial charge in [0.1, 0.15) is 18.1 Å². The number of hydrogen-bond donors (Lipinski definition) is 7. The van der Waals surface area contributed by atoms with Gasteiger partial charge in [0.2, 0.25) is 23.6 Å². The van der Waals surface area contributed by atoms with E-state index in [2.05, 4.69) is 16.0 Å². The van der Waals surface area contributed by atoms with E-state index in [0.717, 1.165) is 5.56 Å². The van der Waals surface area contributed by atoms with Gasteiger partial charge < -0.3 is 37.6 Å². The molecule has 0 radical (unpaired) electrons. The number of aliphatic hydroxyl groups excluding tert-OH is 1. The SMILES string of the molecule is CCC(C)C(N)C(=O)NC(Cc1ccccc1)C(=O)NC(CCC(N)=O)C(=O)NC(CO)C(=O)O. The summed E-state index contributed by atoms with van der Waals surface area (Å²) in [4.78, 5) is 60.9. The number of primary amides is 1. The average Bonchev–Trinajstić information content (AvgIpc) is 2.83. The molecule has 0 saturated carbocycles. The van der Waals surface area contributed by atoms with Crippen molar-refractivity contribution in [3.63, 3.8) is 0 Å². The molecule has 0 fully saturated rings. The average molecular weight is 494 g/mol. The second-order valence-corrected chi connectivity index (χ2v) is 8.31. The van der Waals surface area contributed by atoms with Crippen molar-refractivity contribution < 1.29 is 34.2 Å². The summed E-state index contributed by atoms with van der Waals surface area (Å²) in [5, 5.41) is 25.4. The van der Waals surface area contributed by atoms with Crippen LogP contribution in [-0.4, -0.2) is 70.6 Å². The number of carboxylic acids is 1. The topological polar surface area (TPSA) is 214 Å². The molecule has 0 aromatic heterocycles. The summed E-state index contributed by atoms with van der Waals surface area (Å²) in [6, 6.07) is 3.92. The van der Waals surface area contributed by atoms with Crippen molar-refractivity contribution in [2.45, 2.75) is 63.7 Å². The van der Waals surface area contributed by atoms with Gasteiger partial charge in [-0.1, -0.05) is 50.6 Å². The lowest BCUT2D eigenvalue weighted by Crippen LogP contribution is -2.58. The van der Waals surface area contributed by atoms with Crippen molar-refractivity contribution in [3.05, 3.63) is 35.9 Å². The zero-order valence-corrected chi connectivity index (χ0v) is 19.9. The van der Waals surface area contributed by atoms with Crippen LogP contribution in [0.25, 0.3) is 0 Å². The van der Waals surface area contributed by atoms with Crippen LogP contribution in [0.2, 0.25) is 0 Å². The van der Waals surface area contributed by atoms with E-state index >= 15 is 0 Å². The van der Waals surface area contributed by atoms with Crippen molar-refractivity contribution in [2.24, 2.45) is 17.4 Å². The first kappa shape index (κ1) is 29.5. The summed E-state index contributed by atoms with van der Waals surface area (Å²) in [5.74, 6) is -4.56. The second kappa shape index (κ2) is 14.7. The molecule has 35 heavy (non-hydrogen) atoms. The highest BCUT2D eigenvalue weighted by atomic mass is 16.4. The fraction of sp³-hybridized carbons (Fsp3) is 0.522. The van der Waals surface area contributed by atoms with Gasteiger partial charge in [-0.2, -0.15) is 0 Å². The Labute approximate surface area is 203 Å². The second-order valence-electron chi connectivity index (χ2n) is 8.31. The van der Waals surface area contributed by atoms with Gasteiger partial charge in [0.15, 0.2) is 0 Å². The van der Waals surface area contributed by atoms with Crippen LogP contribution in [-0.2, 0) is 30.4 Å². The van der Waals surface area contributed by atoms with Gasteiger partial charge in [-0.3, -0.25) is 19.2 Å². The number of hydrogen-bond acceptors (Lipinski definition) is 7. The van der Waals surface area contributed by atoms with Crippen molar-refractivity contribution in [1.29, 1.82) is 0 Å². The van der Waals surface area contributed by atoms with Crippen LogP contribution in [0.1, 0.15) is 38.7 Å². The Kier molecular flexibility index (Phi) is 12.4. The van der Waals surface area contributed by atoms with Crippen LogP contribution in [0.4, 0.5) is 0 Å². The van der Waals surface area contributed by atoms with E-state index in [0.29, 0.717) is 6.42 Å². The standard InChI is InChI=1S/C23H35N5O7/c1-3-13(2)19(25)22(33)27-16(11-14-7-5-4-6-8-14)21(32)26-15(9-10-18(24)30)20(31)28-17(12-29)23(34)35/h4-8,13,15-17,19,29H,3,9-12,25H2,1-2H3,(H2,24,30)(H,26,32)(H,27,33)(H,28,31)(H,34,35). The third kappa shape index (κ3) is 10.1. The van der Waals surface area contributed by atoms with Crippen molar-refractivity contribution >= 4 is 29.6 Å². The minimum Gasteiger partial charge on any atom is -0.480 e. The molecule has 1 rings (SSSR count). The highest BCUT2D eigenvalue weighted by molar-refractivity contribution is 5.94. The molecule has 0 aliphatic rings. The van der Waals surface area contributed by atoms with Gasteiger partial charge in [0, 0.05) is 12.8 Å². The molecule has 12 nitrogen and oxygen atoms in total. The molecule has 1 aromatic rings. The maximum Gasteiger partial charge on any atom is 0.328 e. The lowest BCUT2D eigenvalue weighted by atomic mass is 9.98. The molecule has 12 heteroatoms. The molecule has 0 aliphatic heterocycles. The summed E-state index contributed by atoms with van der Waals surface area (Å²) in [6.07, 6.45) is 0.242. The molecule has 0 spiro atoms. The summed E-state index contributed by atoms with van der Waals surface area (Å²) >= 11 is 0. The third-order valence-corrected chi connectivity index (χ3v) is 5.58. The highest BCUT2D eigenvalue weighted by Crippen LogP contribution is 2.09. The first-order valence-corrected chi connectivity index (χ1v) is 11.3. The summed E-state index contributed by atoms with van der Waals surface area (Å²) in [7, 11) is 0. The number of nitrogens with two attached hydrogens (primary N) is 2. The first-order valence-electron chi connectivity index (χ1n) is 11.3. The molecule has 5 unspecified atom stereocenters. The fourth-order valence-electron chi connectivity index (χ4n) is 3.12. The zero-order chi connectivity index (χ0) is 26.5. The summed E-state index contributed by atoms with van der Waals surface area (Å²) < 4.78 is 0. The monoisotopic (exact) mass is 493 g/mol. The third-order valence-electron chi connectivity index (χ3n) is 5.58. The summed E-state index contributed by atoms with van der Waals surface area (Å²) in [6.45, 7) is 2.81. The van der Waals surface area contributed by atoms with E-state index < -0.39 is 60.4 Å². The van der Waals surface area contributed by atoms with Crippen LogP contribution in [0.3, 0.4) is 0 Å². The van der Waals surface area contributed by atoms with Crippen LogP contribution >= 0.6 is 0 Å². The molecule has 0 heterocycles.